The Morgan fingerprint density at radius 1 is 1.14 bits per heavy atom. The van der Waals surface area contributed by atoms with Crippen molar-refractivity contribution in [1.29, 1.82) is 0 Å². The Morgan fingerprint density at radius 3 is 2.00 bits per heavy atom. The van der Waals surface area contributed by atoms with E-state index in [2.05, 4.69) is 45.0 Å². The van der Waals surface area contributed by atoms with Crippen molar-refractivity contribution in [2.45, 2.75) is 45.7 Å². The fraction of sp³-hybridized carbons (Fsp3) is 1.00. The van der Waals surface area contributed by atoms with Crippen molar-refractivity contribution in [3.63, 3.8) is 0 Å². The molecule has 0 aromatic rings. The molecule has 0 amide bonds. The molecule has 0 aliphatic heterocycles. The lowest BCUT2D eigenvalue weighted by molar-refractivity contribution is 0.507. The predicted molar refractivity (Wildman–Crippen MR) is 69.8 cm³/mol. The summed E-state index contributed by atoms with van der Waals surface area (Å²) in [6, 6.07) is 1.26. The second-order valence-electron chi connectivity index (χ2n) is 5.84. The number of hydrogen-bond acceptors (Lipinski definition) is 2. The van der Waals surface area contributed by atoms with E-state index in [0.29, 0.717) is 0 Å². The van der Waals surface area contributed by atoms with Gasteiger partial charge in [0.15, 0.2) is 16.6 Å². The maximum absolute atomic E-state index is 6.29. The van der Waals surface area contributed by atoms with E-state index in [1.54, 1.807) is 0 Å². The molecular weight excluding hydrogens is 206 g/mol. The summed E-state index contributed by atoms with van der Waals surface area (Å²) in [5.74, 6) is 0.734. The first-order valence-corrected chi connectivity index (χ1v) is 12.0. The smallest absolute Gasteiger partial charge is 0.173 e. The minimum absolute atomic E-state index is 0.734. The van der Waals surface area contributed by atoms with Crippen molar-refractivity contribution in [3.8, 4) is 0 Å². The van der Waals surface area contributed by atoms with Gasteiger partial charge in [-0.2, -0.15) is 0 Å². The highest BCUT2D eigenvalue weighted by Gasteiger charge is 2.30. The molecule has 0 saturated heterocycles. The minimum Gasteiger partial charge on any atom is -0.456 e. The molecule has 0 bridgehead atoms. The minimum atomic E-state index is -1.42. The lowest BCUT2D eigenvalue weighted by Gasteiger charge is -2.33. The Balaban J connectivity index is 4.06. The van der Waals surface area contributed by atoms with Crippen LogP contribution in [0.25, 0.3) is 0 Å². The standard InChI is InChI=1S/C10H27NOSi2/c1-10(8-11-2)9-14(6,7)12-13(3,4)5/h10-11H,8-9H2,1-7H3. The maximum Gasteiger partial charge on any atom is 0.173 e. The van der Waals surface area contributed by atoms with Crippen LogP contribution in [0.3, 0.4) is 0 Å². The van der Waals surface area contributed by atoms with Crippen LogP contribution in [0, 0.1) is 5.92 Å². The maximum atomic E-state index is 6.29. The first-order chi connectivity index (χ1) is 6.16. The highest BCUT2D eigenvalue weighted by atomic mass is 28.4. The largest absolute Gasteiger partial charge is 0.456 e. The highest BCUT2D eigenvalue weighted by molar-refractivity contribution is 6.84. The van der Waals surface area contributed by atoms with Gasteiger partial charge in [0, 0.05) is 0 Å². The fourth-order valence-electron chi connectivity index (χ4n) is 2.13. The molecule has 0 heterocycles. The van der Waals surface area contributed by atoms with Crippen molar-refractivity contribution >= 4 is 16.6 Å². The van der Waals surface area contributed by atoms with Crippen LogP contribution in [0.15, 0.2) is 0 Å². The van der Waals surface area contributed by atoms with Gasteiger partial charge in [0.1, 0.15) is 0 Å². The van der Waals surface area contributed by atoms with Gasteiger partial charge < -0.3 is 9.43 Å². The Kier molecular flexibility index (Phi) is 5.58. The molecule has 0 saturated carbocycles. The highest BCUT2D eigenvalue weighted by Crippen LogP contribution is 2.22. The van der Waals surface area contributed by atoms with E-state index < -0.39 is 16.6 Å². The number of nitrogens with one attached hydrogen (secondary N) is 1. The Labute approximate surface area is 91.7 Å². The van der Waals surface area contributed by atoms with E-state index in [1.165, 1.54) is 6.04 Å². The summed E-state index contributed by atoms with van der Waals surface area (Å²) in [7, 11) is -0.740. The molecule has 0 aromatic carbocycles. The van der Waals surface area contributed by atoms with Gasteiger partial charge in [-0.05, 0) is 58.3 Å². The van der Waals surface area contributed by atoms with Gasteiger partial charge in [0.05, 0.1) is 0 Å². The van der Waals surface area contributed by atoms with Crippen LogP contribution in [-0.4, -0.2) is 30.2 Å². The second kappa shape index (κ2) is 5.44. The van der Waals surface area contributed by atoms with Crippen LogP contribution in [0.2, 0.25) is 38.8 Å². The summed E-state index contributed by atoms with van der Waals surface area (Å²) in [6.07, 6.45) is 0. The summed E-state index contributed by atoms with van der Waals surface area (Å²) in [6.45, 7) is 14.9. The van der Waals surface area contributed by atoms with Crippen molar-refractivity contribution in [2.24, 2.45) is 5.92 Å². The van der Waals surface area contributed by atoms with Crippen LogP contribution < -0.4 is 5.32 Å². The summed E-state index contributed by atoms with van der Waals surface area (Å²) < 4.78 is 6.29. The molecule has 2 nitrogen and oxygen atoms in total. The molecule has 1 N–H and O–H groups in total. The van der Waals surface area contributed by atoms with E-state index in [-0.39, 0.29) is 0 Å². The molecule has 0 radical (unpaired) electrons. The van der Waals surface area contributed by atoms with Crippen molar-refractivity contribution in [2.75, 3.05) is 13.6 Å². The van der Waals surface area contributed by atoms with Gasteiger partial charge in [-0.15, -0.1) is 0 Å². The average Bonchev–Trinajstić information content (AvgIpc) is 1.78. The third kappa shape index (κ3) is 7.73. The molecule has 0 rings (SSSR count). The Hall–Kier alpha value is 0.354. The lowest BCUT2D eigenvalue weighted by atomic mass is 10.2. The van der Waals surface area contributed by atoms with E-state index >= 15 is 0 Å². The zero-order chi connectivity index (χ0) is 11.4. The molecule has 0 aromatic heterocycles. The number of rotatable bonds is 6. The molecule has 14 heavy (non-hydrogen) atoms. The lowest BCUT2D eigenvalue weighted by Crippen LogP contribution is -2.43. The third-order valence-corrected chi connectivity index (χ3v) is 8.32. The van der Waals surface area contributed by atoms with Crippen LogP contribution in [0.1, 0.15) is 6.92 Å². The van der Waals surface area contributed by atoms with Gasteiger partial charge >= 0.3 is 0 Å². The quantitative estimate of drug-likeness (QED) is 0.712. The first-order valence-electron chi connectivity index (χ1n) is 5.51. The second-order valence-corrected chi connectivity index (χ2v) is 14.8. The molecule has 1 unspecified atom stereocenters. The molecule has 0 aliphatic carbocycles. The summed E-state index contributed by atoms with van der Waals surface area (Å²) >= 11 is 0. The van der Waals surface area contributed by atoms with E-state index in [1.807, 2.05) is 7.05 Å². The van der Waals surface area contributed by atoms with Gasteiger partial charge in [0.25, 0.3) is 0 Å². The molecule has 1 atom stereocenters. The van der Waals surface area contributed by atoms with E-state index in [0.717, 1.165) is 12.5 Å². The SMILES string of the molecule is CNCC(C)C[Si](C)(C)O[Si](C)(C)C. The van der Waals surface area contributed by atoms with E-state index in [9.17, 15) is 0 Å². The van der Waals surface area contributed by atoms with Gasteiger partial charge in [-0.25, -0.2) is 0 Å². The molecule has 0 aliphatic rings. The summed E-state index contributed by atoms with van der Waals surface area (Å²) in [4.78, 5) is 0. The molecule has 0 spiro atoms. The number of hydrogen-bond donors (Lipinski definition) is 1. The van der Waals surface area contributed by atoms with E-state index in [4.69, 9.17) is 4.12 Å². The predicted octanol–water partition coefficient (Wildman–Crippen LogP) is 2.90. The van der Waals surface area contributed by atoms with Gasteiger partial charge in [-0.1, -0.05) is 6.92 Å². The zero-order valence-corrected chi connectivity index (χ0v) is 12.9. The van der Waals surface area contributed by atoms with Crippen LogP contribution in [0.5, 0.6) is 0 Å². The van der Waals surface area contributed by atoms with Crippen LogP contribution >= 0.6 is 0 Å². The first kappa shape index (κ1) is 14.4. The van der Waals surface area contributed by atoms with Crippen LogP contribution in [-0.2, 0) is 4.12 Å². The summed E-state index contributed by atoms with van der Waals surface area (Å²) in [5.41, 5.74) is 0. The Bertz CT molecular complexity index is 166. The van der Waals surface area contributed by atoms with Crippen molar-refractivity contribution in [1.82, 2.24) is 5.32 Å². The fourth-order valence-corrected chi connectivity index (χ4v) is 10.9. The molecule has 4 heteroatoms. The zero-order valence-electron chi connectivity index (χ0n) is 10.9. The monoisotopic (exact) mass is 233 g/mol. The third-order valence-electron chi connectivity index (χ3n) is 1.98. The normalized spacial score (nSPS) is 15.6. The Morgan fingerprint density at radius 2 is 1.64 bits per heavy atom. The topological polar surface area (TPSA) is 21.3 Å². The van der Waals surface area contributed by atoms with Gasteiger partial charge in [0.2, 0.25) is 0 Å². The average molecular weight is 234 g/mol. The van der Waals surface area contributed by atoms with Crippen molar-refractivity contribution in [3.05, 3.63) is 0 Å². The summed E-state index contributed by atoms with van der Waals surface area (Å²) in [5, 5.41) is 3.23. The molecular formula is C10H27NOSi2. The molecule has 86 valence electrons. The van der Waals surface area contributed by atoms with Gasteiger partial charge in [-0.3, -0.25) is 0 Å². The molecule has 0 fully saturated rings. The van der Waals surface area contributed by atoms with Crippen molar-refractivity contribution < 1.29 is 4.12 Å². The van der Waals surface area contributed by atoms with Crippen LogP contribution in [0.4, 0.5) is 0 Å².